The van der Waals surface area contributed by atoms with Gasteiger partial charge in [-0.1, -0.05) is 13.8 Å². The van der Waals surface area contributed by atoms with E-state index in [0.717, 1.165) is 19.6 Å². The third-order valence-electron chi connectivity index (χ3n) is 5.75. The van der Waals surface area contributed by atoms with Crippen molar-refractivity contribution in [2.24, 2.45) is 5.41 Å². The zero-order chi connectivity index (χ0) is 21.5. The molecule has 4 rings (SSSR count). The van der Waals surface area contributed by atoms with Gasteiger partial charge in [0.15, 0.2) is 23.8 Å². The van der Waals surface area contributed by atoms with Crippen molar-refractivity contribution in [2.75, 3.05) is 31.9 Å². The maximum atomic E-state index is 12.7. The first-order valence-corrected chi connectivity index (χ1v) is 10.2. The molecule has 2 aliphatic rings. The number of carbonyl (C=O) groups excluding carboxylic acids is 1. The summed E-state index contributed by atoms with van der Waals surface area (Å²) >= 11 is 0. The Bertz CT molecular complexity index is 911. The lowest BCUT2D eigenvalue weighted by atomic mass is 9.92. The van der Waals surface area contributed by atoms with Gasteiger partial charge in [-0.25, -0.2) is 15.0 Å². The molecule has 2 saturated heterocycles. The smallest absolute Gasteiger partial charge is 0.252 e. The van der Waals surface area contributed by atoms with Crippen LogP contribution in [0, 0.1) is 5.41 Å². The van der Waals surface area contributed by atoms with Crippen molar-refractivity contribution in [1.82, 2.24) is 29.7 Å². The molecule has 0 unspecified atom stereocenters. The standard InChI is InChI=1S/C19H29N7O4/c1-19(2,8-25-5-3-4-6-25)7-21-17(29)14-12(27)13(28)18(30-14)26-10-24-11-15(20)22-9-23-16(11)26/h9-10,12-14,18,27-28H,3-8H2,1-2H3,(H,21,29)(H2,20,22,23)/t12-,13+,14-,18+/m0/s1. The number of anilines is 1. The maximum absolute atomic E-state index is 12.7. The average molecular weight is 419 g/mol. The third kappa shape index (κ3) is 3.97. The van der Waals surface area contributed by atoms with Crippen LogP contribution in [-0.4, -0.2) is 85.0 Å². The summed E-state index contributed by atoms with van der Waals surface area (Å²) < 4.78 is 7.19. The van der Waals surface area contributed by atoms with Gasteiger partial charge in [-0.3, -0.25) is 9.36 Å². The predicted molar refractivity (Wildman–Crippen MR) is 108 cm³/mol. The van der Waals surface area contributed by atoms with Crippen molar-refractivity contribution in [1.29, 1.82) is 0 Å². The number of ether oxygens (including phenoxy) is 1. The Balaban J connectivity index is 1.42. The number of carbonyl (C=O) groups is 1. The monoisotopic (exact) mass is 419 g/mol. The SMILES string of the molecule is CC(C)(CNC(=O)[C@H]1O[C@@H](n2cnc3c(N)ncnc32)[C@H](O)[C@@H]1O)CN1CCCC1. The van der Waals surface area contributed by atoms with Crippen LogP contribution < -0.4 is 11.1 Å². The van der Waals surface area contributed by atoms with Crippen molar-refractivity contribution >= 4 is 22.9 Å². The van der Waals surface area contributed by atoms with E-state index in [1.165, 1.54) is 30.1 Å². The van der Waals surface area contributed by atoms with E-state index in [1.807, 2.05) is 0 Å². The molecular formula is C19H29N7O4. The van der Waals surface area contributed by atoms with E-state index in [-0.39, 0.29) is 11.2 Å². The number of aromatic nitrogens is 4. The molecule has 11 nitrogen and oxygen atoms in total. The number of aliphatic hydroxyl groups is 2. The summed E-state index contributed by atoms with van der Waals surface area (Å²) in [7, 11) is 0. The molecule has 0 saturated carbocycles. The second-order valence-electron chi connectivity index (χ2n) is 8.88. The van der Waals surface area contributed by atoms with Crippen LogP contribution in [0.5, 0.6) is 0 Å². The molecule has 30 heavy (non-hydrogen) atoms. The lowest BCUT2D eigenvalue weighted by Crippen LogP contribution is -2.47. The fraction of sp³-hybridized carbons (Fsp3) is 0.684. The van der Waals surface area contributed by atoms with Crippen LogP contribution in [-0.2, 0) is 9.53 Å². The zero-order valence-corrected chi connectivity index (χ0v) is 17.2. The van der Waals surface area contributed by atoms with Gasteiger partial charge in [-0.05, 0) is 31.3 Å². The number of aliphatic hydroxyl groups excluding tert-OH is 2. The number of hydrogen-bond acceptors (Lipinski definition) is 9. The fourth-order valence-electron chi connectivity index (χ4n) is 4.19. The van der Waals surface area contributed by atoms with Crippen LogP contribution in [0.1, 0.15) is 32.9 Å². The van der Waals surface area contributed by atoms with E-state index in [4.69, 9.17) is 10.5 Å². The second-order valence-corrected chi connectivity index (χ2v) is 8.88. The Kier molecular flexibility index (Phi) is 5.62. The highest BCUT2D eigenvalue weighted by Gasteiger charge is 2.48. The van der Waals surface area contributed by atoms with Gasteiger partial charge < -0.3 is 30.9 Å². The Morgan fingerprint density at radius 2 is 2.00 bits per heavy atom. The number of hydrogen-bond donors (Lipinski definition) is 4. The minimum Gasteiger partial charge on any atom is -0.387 e. The molecule has 5 N–H and O–H groups in total. The summed E-state index contributed by atoms with van der Waals surface area (Å²) in [4.78, 5) is 27.3. The van der Waals surface area contributed by atoms with E-state index in [1.54, 1.807) is 0 Å². The summed E-state index contributed by atoms with van der Waals surface area (Å²) in [5.74, 6) is -0.265. The predicted octanol–water partition coefficient (Wildman–Crippen LogP) is -0.734. The molecule has 0 radical (unpaired) electrons. The van der Waals surface area contributed by atoms with Gasteiger partial charge in [0, 0.05) is 13.1 Å². The molecule has 0 aliphatic carbocycles. The van der Waals surface area contributed by atoms with E-state index < -0.39 is 30.4 Å². The molecular weight excluding hydrogens is 390 g/mol. The molecule has 2 aliphatic heterocycles. The molecule has 164 valence electrons. The van der Waals surface area contributed by atoms with Gasteiger partial charge in [0.25, 0.3) is 5.91 Å². The van der Waals surface area contributed by atoms with Crippen LogP contribution in [0.4, 0.5) is 5.82 Å². The van der Waals surface area contributed by atoms with Crippen molar-refractivity contribution in [3.8, 4) is 0 Å². The minimum atomic E-state index is -1.38. The van der Waals surface area contributed by atoms with Gasteiger partial charge in [0.2, 0.25) is 0 Å². The molecule has 0 aromatic carbocycles. The molecule has 0 bridgehead atoms. The Morgan fingerprint density at radius 3 is 2.73 bits per heavy atom. The third-order valence-corrected chi connectivity index (χ3v) is 5.75. The molecule has 2 aromatic rings. The first-order valence-electron chi connectivity index (χ1n) is 10.2. The van der Waals surface area contributed by atoms with Crippen LogP contribution in [0.15, 0.2) is 12.7 Å². The largest absolute Gasteiger partial charge is 0.387 e. The lowest BCUT2D eigenvalue weighted by Gasteiger charge is -2.30. The van der Waals surface area contributed by atoms with Crippen LogP contribution in [0.2, 0.25) is 0 Å². The summed E-state index contributed by atoms with van der Waals surface area (Å²) in [6.07, 6.45) is 0.167. The number of nitrogens with zero attached hydrogens (tertiary/aromatic N) is 5. The van der Waals surface area contributed by atoms with Gasteiger partial charge in [-0.2, -0.15) is 0 Å². The molecule has 4 atom stereocenters. The first-order chi connectivity index (χ1) is 14.3. The highest BCUT2D eigenvalue weighted by atomic mass is 16.6. The molecule has 1 amide bonds. The normalized spacial score (nSPS) is 27.7. The fourth-order valence-corrected chi connectivity index (χ4v) is 4.19. The number of nitrogens with one attached hydrogen (secondary N) is 1. The quantitative estimate of drug-likeness (QED) is 0.475. The van der Waals surface area contributed by atoms with Crippen molar-refractivity contribution < 1.29 is 19.7 Å². The molecule has 2 fully saturated rings. The average Bonchev–Trinajstić information content (AvgIpc) is 3.42. The summed E-state index contributed by atoms with van der Waals surface area (Å²) in [5.41, 5.74) is 6.38. The molecule has 2 aromatic heterocycles. The van der Waals surface area contributed by atoms with Crippen molar-refractivity contribution in [2.45, 2.75) is 51.2 Å². The topological polar surface area (TPSA) is 152 Å². The summed E-state index contributed by atoms with van der Waals surface area (Å²) in [5, 5.41) is 23.8. The molecule has 4 heterocycles. The van der Waals surface area contributed by atoms with Gasteiger partial charge in [-0.15, -0.1) is 0 Å². The lowest BCUT2D eigenvalue weighted by molar-refractivity contribution is -0.138. The van der Waals surface area contributed by atoms with E-state index in [9.17, 15) is 15.0 Å². The number of likely N-dealkylation sites (tertiary alicyclic amines) is 1. The van der Waals surface area contributed by atoms with Crippen LogP contribution >= 0.6 is 0 Å². The van der Waals surface area contributed by atoms with Crippen LogP contribution in [0.3, 0.4) is 0 Å². The van der Waals surface area contributed by atoms with E-state index in [2.05, 4.69) is 39.0 Å². The van der Waals surface area contributed by atoms with Gasteiger partial charge >= 0.3 is 0 Å². The number of rotatable bonds is 6. The minimum absolute atomic E-state index is 0.128. The van der Waals surface area contributed by atoms with Gasteiger partial charge in [0.05, 0.1) is 6.33 Å². The highest BCUT2D eigenvalue weighted by Crippen LogP contribution is 2.32. The van der Waals surface area contributed by atoms with Crippen molar-refractivity contribution in [3.05, 3.63) is 12.7 Å². The number of amides is 1. The Labute approximate surface area is 174 Å². The maximum Gasteiger partial charge on any atom is 0.252 e. The number of fused-ring (bicyclic) bond motifs is 1. The Hall–Kier alpha value is -2.34. The number of nitrogens with two attached hydrogens (primary N) is 1. The zero-order valence-electron chi connectivity index (χ0n) is 17.2. The van der Waals surface area contributed by atoms with Crippen molar-refractivity contribution in [3.63, 3.8) is 0 Å². The molecule has 0 spiro atoms. The molecule has 11 heteroatoms. The number of nitrogen functional groups attached to an aromatic ring is 1. The number of imidazole rings is 1. The first kappa shape index (κ1) is 20.9. The summed E-state index contributed by atoms with van der Waals surface area (Å²) in [6.45, 7) is 7.68. The Morgan fingerprint density at radius 1 is 1.27 bits per heavy atom. The van der Waals surface area contributed by atoms with E-state index >= 15 is 0 Å². The van der Waals surface area contributed by atoms with Gasteiger partial charge in [0.1, 0.15) is 24.1 Å². The second kappa shape index (κ2) is 8.06. The van der Waals surface area contributed by atoms with Crippen LogP contribution in [0.25, 0.3) is 11.2 Å². The summed E-state index contributed by atoms with van der Waals surface area (Å²) in [6, 6.07) is 0. The highest BCUT2D eigenvalue weighted by molar-refractivity contribution is 5.82. The van der Waals surface area contributed by atoms with E-state index in [0.29, 0.717) is 17.7 Å².